The van der Waals surface area contributed by atoms with E-state index in [9.17, 15) is 27.5 Å². The number of aromatic nitrogens is 2. The summed E-state index contributed by atoms with van der Waals surface area (Å²) < 4.78 is 56.8. The molecule has 0 saturated heterocycles. The van der Waals surface area contributed by atoms with Gasteiger partial charge >= 0.3 is 6.18 Å². The SMILES string of the molecule is Cn1cc(-c2ccc(CN3C(=O)[C@@](O)(C(F)(F)F)c4ccccc43)c(F)c2)cn1. The lowest BCUT2D eigenvalue weighted by molar-refractivity contribution is -0.253. The highest BCUT2D eigenvalue weighted by molar-refractivity contribution is 6.07. The number of anilines is 1. The van der Waals surface area contributed by atoms with Crippen molar-refractivity contribution in [1.29, 1.82) is 0 Å². The first kappa shape index (κ1) is 19.1. The highest BCUT2D eigenvalue weighted by Gasteiger charge is 2.66. The fourth-order valence-electron chi connectivity index (χ4n) is 3.46. The van der Waals surface area contributed by atoms with Gasteiger partial charge in [0.1, 0.15) is 5.82 Å². The van der Waals surface area contributed by atoms with Crippen LogP contribution in [0.15, 0.2) is 54.9 Å². The maximum Gasteiger partial charge on any atom is 0.430 e. The number of alkyl halides is 3. The number of carbonyl (C=O) groups is 1. The van der Waals surface area contributed by atoms with E-state index in [-0.39, 0.29) is 11.3 Å². The zero-order valence-electron chi connectivity index (χ0n) is 15.1. The highest BCUT2D eigenvalue weighted by atomic mass is 19.4. The van der Waals surface area contributed by atoms with E-state index >= 15 is 0 Å². The molecule has 9 heteroatoms. The summed E-state index contributed by atoms with van der Waals surface area (Å²) in [5.74, 6) is -2.24. The van der Waals surface area contributed by atoms with Crippen LogP contribution in [0.5, 0.6) is 0 Å². The Morgan fingerprint density at radius 2 is 1.86 bits per heavy atom. The Bertz CT molecular complexity index is 1110. The second-order valence-corrected chi connectivity index (χ2v) is 6.83. The van der Waals surface area contributed by atoms with Crippen LogP contribution in [0.1, 0.15) is 11.1 Å². The topological polar surface area (TPSA) is 58.4 Å². The average molecular weight is 405 g/mol. The molecular weight excluding hydrogens is 390 g/mol. The number of nitrogens with zero attached hydrogens (tertiary/aromatic N) is 3. The molecule has 0 spiro atoms. The molecule has 4 rings (SSSR count). The third-order valence-corrected chi connectivity index (χ3v) is 4.97. The predicted octanol–water partition coefficient (Wildman–Crippen LogP) is 3.52. The van der Waals surface area contributed by atoms with Crippen molar-refractivity contribution in [3.8, 4) is 11.1 Å². The van der Waals surface area contributed by atoms with E-state index in [2.05, 4.69) is 5.10 Å². The molecule has 1 aliphatic rings. The summed E-state index contributed by atoms with van der Waals surface area (Å²) in [7, 11) is 1.71. The summed E-state index contributed by atoms with van der Waals surface area (Å²) >= 11 is 0. The molecule has 0 aliphatic carbocycles. The Balaban J connectivity index is 1.71. The van der Waals surface area contributed by atoms with Gasteiger partial charge in [-0.15, -0.1) is 0 Å². The van der Waals surface area contributed by atoms with Crippen molar-refractivity contribution in [1.82, 2.24) is 9.78 Å². The largest absolute Gasteiger partial charge is 0.430 e. The van der Waals surface area contributed by atoms with E-state index in [0.29, 0.717) is 11.1 Å². The van der Waals surface area contributed by atoms with E-state index in [1.807, 2.05) is 0 Å². The van der Waals surface area contributed by atoms with Crippen LogP contribution in [0.25, 0.3) is 11.1 Å². The molecule has 2 aromatic carbocycles. The Morgan fingerprint density at radius 3 is 2.48 bits per heavy atom. The molecule has 3 aromatic rings. The van der Waals surface area contributed by atoms with Crippen molar-refractivity contribution in [2.24, 2.45) is 7.05 Å². The first-order valence-electron chi connectivity index (χ1n) is 8.61. The highest BCUT2D eigenvalue weighted by Crippen LogP contribution is 2.49. The van der Waals surface area contributed by atoms with Crippen LogP contribution >= 0.6 is 0 Å². The van der Waals surface area contributed by atoms with Crippen molar-refractivity contribution in [3.05, 3.63) is 71.8 Å². The number of halogens is 4. The lowest BCUT2D eigenvalue weighted by atomic mass is 9.95. The Morgan fingerprint density at radius 1 is 1.14 bits per heavy atom. The van der Waals surface area contributed by atoms with Crippen LogP contribution in [0.4, 0.5) is 23.2 Å². The minimum atomic E-state index is -5.21. The zero-order chi connectivity index (χ0) is 21.0. The van der Waals surface area contributed by atoms with Crippen LogP contribution in [-0.4, -0.2) is 27.0 Å². The van der Waals surface area contributed by atoms with Crippen molar-refractivity contribution in [3.63, 3.8) is 0 Å². The molecule has 2 heterocycles. The van der Waals surface area contributed by atoms with Gasteiger partial charge in [0.15, 0.2) is 0 Å². The van der Waals surface area contributed by atoms with E-state index in [1.54, 1.807) is 30.2 Å². The van der Waals surface area contributed by atoms with Gasteiger partial charge in [-0.1, -0.05) is 30.3 Å². The van der Waals surface area contributed by atoms with Crippen molar-refractivity contribution in [2.45, 2.75) is 18.3 Å². The van der Waals surface area contributed by atoms with Gasteiger partial charge in [-0.2, -0.15) is 18.3 Å². The van der Waals surface area contributed by atoms with Gasteiger partial charge in [0.2, 0.25) is 0 Å². The second kappa shape index (κ2) is 6.41. The summed E-state index contributed by atoms with van der Waals surface area (Å²) in [6.07, 6.45) is -1.96. The fourth-order valence-corrected chi connectivity index (χ4v) is 3.46. The van der Waals surface area contributed by atoms with Gasteiger partial charge < -0.3 is 10.0 Å². The Kier molecular flexibility index (Phi) is 4.23. The summed E-state index contributed by atoms with van der Waals surface area (Å²) in [5.41, 5.74) is -3.09. The molecule has 1 aromatic heterocycles. The molecular formula is C20H15F4N3O2. The van der Waals surface area contributed by atoms with Crippen molar-refractivity contribution in [2.75, 3.05) is 4.90 Å². The third-order valence-electron chi connectivity index (χ3n) is 4.97. The molecule has 1 aliphatic heterocycles. The Hall–Kier alpha value is -3.20. The minimum Gasteiger partial charge on any atom is -0.368 e. The maximum absolute atomic E-state index is 14.7. The molecule has 5 nitrogen and oxygen atoms in total. The quantitative estimate of drug-likeness (QED) is 0.679. The number of rotatable bonds is 3. The predicted molar refractivity (Wildman–Crippen MR) is 96.2 cm³/mol. The van der Waals surface area contributed by atoms with Gasteiger partial charge in [0.05, 0.1) is 18.4 Å². The third kappa shape index (κ3) is 2.89. The van der Waals surface area contributed by atoms with Gasteiger partial charge in [-0.3, -0.25) is 9.48 Å². The van der Waals surface area contributed by atoms with Crippen molar-refractivity contribution >= 4 is 11.6 Å². The minimum absolute atomic E-state index is 0.0206. The smallest absolute Gasteiger partial charge is 0.368 e. The number of fused-ring (bicyclic) bond motifs is 1. The fraction of sp³-hybridized carbons (Fsp3) is 0.200. The van der Waals surface area contributed by atoms with Crippen LogP contribution in [-0.2, 0) is 24.0 Å². The number of aliphatic hydroxyl groups is 1. The summed E-state index contributed by atoms with van der Waals surface area (Å²) in [6.45, 7) is -0.451. The van der Waals surface area contributed by atoms with Crippen LogP contribution in [0.3, 0.4) is 0 Å². The number of aryl methyl sites for hydroxylation is 1. The lowest BCUT2D eigenvalue weighted by Crippen LogP contribution is -2.50. The summed E-state index contributed by atoms with van der Waals surface area (Å²) in [4.78, 5) is 13.3. The maximum atomic E-state index is 14.7. The molecule has 0 radical (unpaired) electrons. The Labute approximate surface area is 162 Å². The van der Waals surface area contributed by atoms with Crippen LogP contribution in [0, 0.1) is 5.82 Å². The number of amides is 1. The first-order chi connectivity index (χ1) is 13.6. The van der Waals surface area contributed by atoms with Crippen LogP contribution in [0.2, 0.25) is 0 Å². The number of benzene rings is 2. The van der Waals surface area contributed by atoms with Gasteiger partial charge in [0, 0.05) is 29.9 Å². The average Bonchev–Trinajstić information content (AvgIpc) is 3.19. The number of para-hydroxylation sites is 1. The molecule has 0 bridgehead atoms. The molecule has 29 heavy (non-hydrogen) atoms. The molecule has 0 saturated carbocycles. The molecule has 150 valence electrons. The summed E-state index contributed by atoms with van der Waals surface area (Å²) in [5, 5.41) is 14.3. The molecule has 1 amide bonds. The van der Waals surface area contributed by atoms with Crippen molar-refractivity contribution < 1.29 is 27.5 Å². The molecule has 1 atom stereocenters. The normalized spacial score (nSPS) is 19.0. The first-order valence-corrected chi connectivity index (χ1v) is 8.61. The zero-order valence-corrected chi connectivity index (χ0v) is 15.1. The van der Waals surface area contributed by atoms with E-state index < -0.39 is 35.6 Å². The van der Waals surface area contributed by atoms with Gasteiger partial charge in [-0.25, -0.2) is 4.39 Å². The number of hydrogen-bond acceptors (Lipinski definition) is 3. The summed E-state index contributed by atoms with van der Waals surface area (Å²) in [6, 6.07) is 9.31. The number of hydrogen-bond donors (Lipinski definition) is 1. The molecule has 1 N–H and O–H groups in total. The van der Waals surface area contributed by atoms with Crippen LogP contribution < -0.4 is 4.90 Å². The monoisotopic (exact) mass is 405 g/mol. The molecule has 0 fully saturated rings. The van der Waals surface area contributed by atoms with E-state index in [1.165, 1.54) is 30.3 Å². The molecule has 0 unspecified atom stereocenters. The van der Waals surface area contributed by atoms with Gasteiger partial charge in [0.25, 0.3) is 11.5 Å². The van der Waals surface area contributed by atoms with E-state index in [4.69, 9.17) is 0 Å². The second-order valence-electron chi connectivity index (χ2n) is 6.83. The van der Waals surface area contributed by atoms with Gasteiger partial charge in [-0.05, 0) is 17.7 Å². The van der Waals surface area contributed by atoms with E-state index in [0.717, 1.165) is 11.0 Å². The standard InChI is InChI=1S/C20H15F4N3O2/c1-26-10-14(9-25-26)12-6-7-13(16(21)8-12)11-27-17-5-3-2-4-15(17)19(29,18(27)28)20(22,23)24/h2-10,29H,11H2,1H3/t19-/m1/s1. The lowest BCUT2D eigenvalue weighted by Gasteiger charge is -2.25. The number of carbonyl (C=O) groups excluding carboxylic acids is 1.